The Labute approximate surface area is 360 Å². The maximum Gasteiger partial charge on any atom is 0.329 e. The van der Waals surface area contributed by atoms with Gasteiger partial charge in [-0.1, -0.05) is 18.2 Å². The van der Waals surface area contributed by atoms with Gasteiger partial charge in [0, 0.05) is 78.1 Å². The molecule has 2 aliphatic heterocycles. The molecule has 0 spiro atoms. The molecule has 8 rings (SSSR count). The smallest absolute Gasteiger partial charge is 0.329 e. The third kappa shape index (κ3) is 9.08. The summed E-state index contributed by atoms with van der Waals surface area (Å²) in [7, 11) is 4.68. The number of anilines is 4. The van der Waals surface area contributed by atoms with Crippen LogP contribution in [0.4, 0.5) is 27.4 Å². The van der Waals surface area contributed by atoms with Gasteiger partial charge < -0.3 is 25.6 Å². The van der Waals surface area contributed by atoms with Crippen LogP contribution in [0.25, 0.3) is 22.4 Å². The van der Waals surface area contributed by atoms with Crippen LogP contribution < -0.4 is 31.7 Å². The lowest BCUT2D eigenvalue weighted by molar-refractivity contribution is -0.136. The lowest BCUT2D eigenvalue weighted by Crippen LogP contribution is -2.48. The van der Waals surface area contributed by atoms with Crippen LogP contribution >= 0.6 is 0 Å². The minimum atomic E-state index is -0.753. The van der Waals surface area contributed by atoms with Crippen molar-refractivity contribution in [2.75, 3.05) is 51.0 Å². The van der Waals surface area contributed by atoms with Gasteiger partial charge in [0.25, 0.3) is 5.91 Å². The fraction of sp³-hybridized carbons (Fsp3) is 0.295. The number of hydrogen-bond donors (Lipinski definition) is 4. The summed E-state index contributed by atoms with van der Waals surface area (Å²) in [5, 5.41) is 11.5. The molecule has 0 bridgehead atoms. The SMILES string of the molecule is CNC(=O)c1cnc(Nc2ccc(CN3CCN(C(=O)CCc4ccc5c(c4)n(C)c(=O)n5C4CCC(=O)NC4=O)CC3)cn2)cc1Nc1cccc(-c2ncc(F)cn2)c1OC. The molecule has 2 aromatic carbocycles. The van der Waals surface area contributed by atoms with E-state index in [0.29, 0.717) is 90.9 Å². The number of aryl methyl sites for hydroxylation is 2. The molecule has 2 aliphatic rings. The summed E-state index contributed by atoms with van der Waals surface area (Å²) in [6, 6.07) is 15.6. The third-order valence-electron chi connectivity index (χ3n) is 11.2. The number of benzene rings is 2. The van der Waals surface area contributed by atoms with Gasteiger partial charge in [0.15, 0.2) is 17.4 Å². The second-order valence-corrected chi connectivity index (χ2v) is 15.3. The second kappa shape index (κ2) is 18.2. The van der Waals surface area contributed by atoms with Crippen LogP contribution in [0, 0.1) is 5.82 Å². The largest absolute Gasteiger partial charge is 0.494 e. The number of carbonyl (C=O) groups is 4. The number of nitrogens with one attached hydrogen (secondary N) is 4. The van der Waals surface area contributed by atoms with Gasteiger partial charge in [-0.15, -0.1) is 0 Å². The molecular weight excluding hydrogens is 812 g/mol. The Morgan fingerprint density at radius 3 is 2.33 bits per heavy atom. The van der Waals surface area contributed by atoms with Crippen molar-refractivity contribution in [1.82, 2.24) is 49.5 Å². The standard InChI is InChI=1S/C44H45FN12O6/c1-46-42(60)30-24-48-37(20-32(30)51-31-6-4-5-29(40(31)63-3)41-49-22-28(45)23-50-41)52-36-12-8-27(21-47-36)25-55-15-17-56(18-16-55)39(59)14-9-26-7-10-33-35(19-26)54(2)44(62)57(33)34-11-13-38(58)53-43(34)61/h4-8,10,12,19-24,34H,9,11,13-18,25H2,1-3H3,(H,46,60)(H,53,58,61)(H2,47,48,51,52). The lowest BCUT2D eigenvalue weighted by Gasteiger charge is -2.34. The first-order valence-electron chi connectivity index (χ1n) is 20.4. The summed E-state index contributed by atoms with van der Waals surface area (Å²) in [5.74, 6) is -0.0388. The van der Waals surface area contributed by atoms with Crippen LogP contribution in [0.1, 0.15) is 46.8 Å². The fourth-order valence-electron chi connectivity index (χ4n) is 7.91. The van der Waals surface area contributed by atoms with E-state index in [1.54, 1.807) is 37.5 Å². The number of methoxy groups -OCH3 is 1. The number of aromatic nitrogens is 6. The number of imide groups is 1. The van der Waals surface area contributed by atoms with Gasteiger partial charge in [-0.2, -0.15) is 0 Å². The highest BCUT2D eigenvalue weighted by Crippen LogP contribution is 2.37. The van der Waals surface area contributed by atoms with E-state index in [0.717, 1.165) is 23.5 Å². The van der Waals surface area contributed by atoms with Crippen molar-refractivity contribution < 1.29 is 28.3 Å². The minimum Gasteiger partial charge on any atom is -0.494 e. The van der Waals surface area contributed by atoms with Gasteiger partial charge in [0.2, 0.25) is 17.7 Å². The van der Waals surface area contributed by atoms with E-state index in [9.17, 15) is 28.4 Å². The number of ether oxygens (including phenoxy) is 1. The molecule has 0 radical (unpaired) electrons. The minimum absolute atomic E-state index is 0.0596. The summed E-state index contributed by atoms with van der Waals surface area (Å²) in [4.78, 5) is 84.9. The van der Waals surface area contributed by atoms with E-state index in [2.05, 4.69) is 46.1 Å². The highest BCUT2D eigenvalue weighted by Gasteiger charge is 2.31. The number of imidazole rings is 1. The van der Waals surface area contributed by atoms with Crippen LogP contribution in [-0.2, 0) is 34.4 Å². The normalized spacial score (nSPS) is 15.6. The highest BCUT2D eigenvalue weighted by atomic mass is 19.1. The summed E-state index contributed by atoms with van der Waals surface area (Å²) in [6.45, 7) is 3.26. The van der Waals surface area contributed by atoms with E-state index in [1.807, 2.05) is 35.2 Å². The molecule has 0 aliphatic carbocycles. The molecule has 0 saturated carbocycles. The average molecular weight is 857 g/mol. The molecule has 4 N–H and O–H groups in total. The van der Waals surface area contributed by atoms with Crippen LogP contribution in [0.15, 0.2) is 84.2 Å². The molecule has 4 amide bonds. The zero-order chi connectivity index (χ0) is 44.2. The topological polar surface area (TPSA) is 211 Å². The number of halogens is 1. The van der Waals surface area contributed by atoms with Gasteiger partial charge in [0.1, 0.15) is 17.7 Å². The zero-order valence-corrected chi connectivity index (χ0v) is 34.9. The first-order chi connectivity index (χ1) is 30.5. The van der Waals surface area contributed by atoms with Crippen LogP contribution in [0.3, 0.4) is 0 Å². The van der Waals surface area contributed by atoms with Gasteiger partial charge in [-0.25, -0.2) is 29.1 Å². The Balaban J connectivity index is 0.854. The molecule has 324 valence electrons. The number of piperazine rings is 1. The van der Waals surface area contributed by atoms with E-state index in [-0.39, 0.29) is 47.6 Å². The van der Waals surface area contributed by atoms with Crippen LogP contribution in [0.2, 0.25) is 0 Å². The van der Waals surface area contributed by atoms with Crippen molar-refractivity contribution in [3.05, 3.63) is 112 Å². The summed E-state index contributed by atoms with van der Waals surface area (Å²) >= 11 is 0. The number of fused-ring (bicyclic) bond motifs is 1. The molecule has 1 atom stereocenters. The zero-order valence-electron chi connectivity index (χ0n) is 34.9. The molecule has 18 nitrogen and oxygen atoms in total. The van der Waals surface area contributed by atoms with Crippen molar-refractivity contribution in [2.45, 2.75) is 38.3 Å². The number of para-hydroxylation sites is 1. The number of hydrogen-bond acceptors (Lipinski definition) is 13. The number of amides is 4. The number of carbonyl (C=O) groups excluding carboxylic acids is 4. The maximum absolute atomic E-state index is 13.5. The quantitative estimate of drug-likeness (QED) is 0.122. The number of pyridine rings is 2. The van der Waals surface area contributed by atoms with E-state index >= 15 is 0 Å². The Morgan fingerprint density at radius 1 is 0.857 bits per heavy atom. The second-order valence-electron chi connectivity index (χ2n) is 15.3. The van der Waals surface area contributed by atoms with Crippen LogP contribution in [-0.4, -0.2) is 103 Å². The highest BCUT2D eigenvalue weighted by molar-refractivity contribution is 6.01. The fourth-order valence-corrected chi connectivity index (χ4v) is 7.91. The summed E-state index contributed by atoms with van der Waals surface area (Å²) < 4.78 is 22.2. The molecular formula is C44H45FN12O6. The summed E-state index contributed by atoms with van der Waals surface area (Å²) in [6.07, 6.45) is 6.66. The molecule has 19 heteroatoms. The van der Waals surface area contributed by atoms with E-state index in [4.69, 9.17) is 4.74 Å². The van der Waals surface area contributed by atoms with Crippen molar-refractivity contribution in [3.8, 4) is 17.1 Å². The Bertz CT molecular complexity index is 2770. The predicted octanol–water partition coefficient (Wildman–Crippen LogP) is 3.84. The first-order valence-corrected chi connectivity index (χ1v) is 20.4. The molecule has 2 fully saturated rings. The maximum atomic E-state index is 13.5. The van der Waals surface area contributed by atoms with E-state index in [1.165, 1.54) is 29.5 Å². The molecule has 1 unspecified atom stereocenters. The van der Waals surface area contributed by atoms with Crippen molar-refractivity contribution >= 4 is 57.7 Å². The van der Waals surface area contributed by atoms with Gasteiger partial charge in [-0.3, -0.25) is 38.5 Å². The summed E-state index contributed by atoms with van der Waals surface area (Å²) in [5.41, 5.74) is 4.61. The molecule has 6 aromatic rings. The van der Waals surface area contributed by atoms with Crippen molar-refractivity contribution in [3.63, 3.8) is 0 Å². The van der Waals surface area contributed by atoms with E-state index < -0.39 is 17.8 Å². The van der Waals surface area contributed by atoms with Crippen molar-refractivity contribution in [1.29, 1.82) is 0 Å². The first kappa shape index (κ1) is 42.2. The monoisotopic (exact) mass is 856 g/mol. The van der Waals surface area contributed by atoms with Gasteiger partial charge in [-0.05, 0) is 54.3 Å². The molecule has 63 heavy (non-hydrogen) atoms. The Hall–Kier alpha value is -7.54. The van der Waals surface area contributed by atoms with Crippen molar-refractivity contribution in [2.24, 2.45) is 7.05 Å². The lowest BCUT2D eigenvalue weighted by atomic mass is 10.0. The van der Waals surface area contributed by atoms with Gasteiger partial charge >= 0.3 is 5.69 Å². The molecule has 6 heterocycles. The third-order valence-corrected chi connectivity index (χ3v) is 11.2. The Morgan fingerprint density at radius 2 is 1.62 bits per heavy atom. The molecule has 2 saturated heterocycles. The van der Waals surface area contributed by atoms with Crippen LogP contribution in [0.5, 0.6) is 5.75 Å². The van der Waals surface area contributed by atoms with Gasteiger partial charge in [0.05, 0.1) is 53.0 Å². The number of nitrogens with zero attached hydrogens (tertiary/aromatic N) is 8. The number of rotatable bonds is 13. The Kier molecular flexibility index (Phi) is 12.2. The predicted molar refractivity (Wildman–Crippen MR) is 231 cm³/mol. The molecule has 4 aromatic heterocycles. The number of piperidine rings is 1. The average Bonchev–Trinajstić information content (AvgIpc) is 3.54.